The molecule has 26 heavy (non-hydrogen) atoms. The first-order valence-electron chi connectivity index (χ1n) is 7.33. The Morgan fingerprint density at radius 3 is 2.38 bits per heavy atom. The second-order valence-electron chi connectivity index (χ2n) is 5.38. The van der Waals surface area contributed by atoms with Crippen LogP contribution in [0.2, 0.25) is 10.0 Å². The standard InChI is InChI=1S/C17H11Cl2N3O4/c18-10-3-1-9(2-4-10)15(16(24)25)12-6-5-11(7-13(12)19)22-17(26)21-14(23)8-20-22/h1-8,15H,(H,24,25)(H,21,23,26). The van der Waals surface area contributed by atoms with Gasteiger partial charge in [-0.15, -0.1) is 0 Å². The number of aliphatic carboxylic acids is 1. The molecule has 0 aliphatic heterocycles. The van der Waals surface area contributed by atoms with Gasteiger partial charge in [-0.2, -0.15) is 9.78 Å². The van der Waals surface area contributed by atoms with Crippen molar-refractivity contribution in [1.29, 1.82) is 0 Å². The van der Waals surface area contributed by atoms with Gasteiger partial charge >= 0.3 is 11.7 Å². The Labute approximate surface area is 156 Å². The largest absolute Gasteiger partial charge is 0.481 e. The fraction of sp³-hybridized carbons (Fsp3) is 0.0588. The number of aromatic nitrogens is 3. The van der Waals surface area contributed by atoms with Gasteiger partial charge < -0.3 is 5.11 Å². The average molecular weight is 392 g/mol. The van der Waals surface area contributed by atoms with Gasteiger partial charge in [0.25, 0.3) is 5.56 Å². The predicted molar refractivity (Wildman–Crippen MR) is 96.4 cm³/mol. The number of hydrogen-bond acceptors (Lipinski definition) is 4. The van der Waals surface area contributed by atoms with Crippen LogP contribution in [0.25, 0.3) is 5.69 Å². The van der Waals surface area contributed by atoms with Gasteiger partial charge in [0, 0.05) is 10.0 Å². The number of hydrogen-bond donors (Lipinski definition) is 2. The van der Waals surface area contributed by atoms with Crippen LogP contribution in [0.15, 0.2) is 58.3 Å². The summed E-state index contributed by atoms with van der Waals surface area (Å²) < 4.78 is 0.953. The van der Waals surface area contributed by atoms with Crippen molar-refractivity contribution in [1.82, 2.24) is 14.8 Å². The number of nitrogens with zero attached hydrogens (tertiary/aromatic N) is 2. The Morgan fingerprint density at radius 2 is 1.81 bits per heavy atom. The average Bonchev–Trinajstić information content (AvgIpc) is 2.58. The van der Waals surface area contributed by atoms with Crippen LogP contribution in [0.4, 0.5) is 0 Å². The van der Waals surface area contributed by atoms with Gasteiger partial charge in [0.2, 0.25) is 0 Å². The van der Waals surface area contributed by atoms with E-state index in [-0.39, 0.29) is 5.02 Å². The quantitative estimate of drug-likeness (QED) is 0.710. The zero-order valence-electron chi connectivity index (χ0n) is 13.0. The van der Waals surface area contributed by atoms with Crippen LogP contribution in [0.3, 0.4) is 0 Å². The molecular weight excluding hydrogens is 381 g/mol. The zero-order valence-corrected chi connectivity index (χ0v) is 14.5. The molecule has 0 bridgehead atoms. The van der Waals surface area contributed by atoms with Gasteiger partial charge in [-0.25, -0.2) is 4.79 Å². The Morgan fingerprint density at radius 1 is 1.12 bits per heavy atom. The number of halogens is 2. The lowest BCUT2D eigenvalue weighted by Gasteiger charge is -2.16. The Bertz CT molecular complexity index is 1090. The molecule has 0 amide bonds. The smallest absolute Gasteiger partial charge is 0.349 e. The van der Waals surface area contributed by atoms with Crippen molar-refractivity contribution >= 4 is 29.2 Å². The molecule has 0 spiro atoms. The molecule has 3 aromatic rings. The number of nitrogens with one attached hydrogen (secondary N) is 1. The van der Waals surface area contributed by atoms with Crippen LogP contribution in [0.1, 0.15) is 17.0 Å². The van der Waals surface area contributed by atoms with E-state index in [2.05, 4.69) is 10.1 Å². The van der Waals surface area contributed by atoms with E-state index >= 15 is 0 Å². The molecule has 9 heteroatoms. The molecule has 1 unspecified atom stereocenters. The van der Waals surface area contributed by atoms with E-state index < -0.39 is 23.1 Å². The third kappa shape index (κ3) is 3.54. The Hall–Kier alpha value is -2.90. The lowest BCUT2D eigenvalue weighted by atomic mass is 9.91. The van der Waals surface area contributed by atoms with Gasteiger partial charge in [-0.3, -0.25) is 14.6 Å². The second kappa shape index (κ2) is 7.15. The summed E-state index contributed by atoms with van der Waals surface area (Å²) in [7, 11) is 0. The molecule has 0 aliphatic rings. The van der Waals surface area contributed by atoms with Crippen LogP contribution in [-0.2, 0) is 4.79 Å². The Kier molecular flexibility index (Phi) is 4.92. The molecule has 0 aliphatic carbocycles. The summed E-state index contributed by atoms with van der Waals surface area (Å²) >= 11 is 12.1. The summed E-state index contributed by atoms with van der Waals surface area (Å²) in [6.45, 7) is 0. The highest BCUT2D eigenvalue weighted by molar-refractivity contribution is 6.32. The maximum absolute atomic E-state index is 11.8. The lowest BCUT2D eigenvalue weighted by Crippen LogP contribution is -2.30. The van der Waals surface area contributed by atoms with Crippen LogP contribution < -0.4 is 11.2 Å². The predicted octanol–water partition coefficient (Wildman–Crippen LogP) is 2.44. The number of H-pyrrole nitrogens is 1. The summed E-state index contributed by atoms with van der Waals surface area (Å²) in [5, 5.41) is 14.0. The number of rotatable bonds is 4. The van der Waals surface area contributed by atoms with E-state index in [1.54, 1.807) is 24.3 Å². The van der Waals surface area contributed by atoms with Crippen molar-refractivity contribution in [3.63, 3.8) is 0 Å². The summed E-state index contributed by atoms with van der Waals surface area (Å²) in [4.78, 5) is 36.8. The highest BCUT2D eigenvalue weighted by atomic mass is 35.5. The third-order valence-electron chi connectivity index (χ3n) is 3.70. The number of carbonyl (C=O) groups is 1. The summed E-state index contributed by atoms with van der Waals surface area (Å²) in [5.74, 6) is -2.09. The first kappa shape index (κ1) is 17.9. The van der Waals surface area contributed by atoms with Gasteiger partial charge in [-0.05, 0) is 35.4 Å². The molecular formula is C17H11Cl2N3O4. The maximum atomic E-state index is 11.8. The molecule has 7 nitrogen and oxygen atoms in total. The summed E-state index contributed by atoms with van der Waals surface area (Å²) in [6, 6.07) is 10.8. The molecule has 2 N–H and O–H groups in total. The number of carboxylic acid groups (broad SMARTS) is 1. The van der Waals surface area contributed by atoms with E-state index in [1.165, 1.54) is 18.2 Å². The van der Waals surface area contributed by atoms with E-state index in [9.17, 15) is 19.5 Å². The van der Waals surface area contributed by atoms with E-state index in [4.69, 9.17) is 23.2 Å². The van der Waals surface area contributed by atoms with Crippen molar-refractivity contribution in [2.45, 2.75) is 5.92 Å². The number of benzene rings is 2. The zero-order chi connectivity index (χ0) is 18.8. The van der Waals surface area contributed by atoms with Gasteiger partial charge in [0.05, 0.1) is 5.69 Å². The molecule has 0 radical (unpaired) electrons. The molecule has 3 rings (SSSR count). The minimum atomic E-state index is -1.08. The molecule has 2 aromatic carbocycles. The van der Waals surface area contributed by atoms with Gasteiger partial charge in [-0.1, -0.05) is 41.4 Å². The van der Waals surface area contributed by atoms with Crippen molar-refractivity contribution in [3.8, 4) is 5.69 Å². The molecule has 0 saturated heterocycles. The lowest BCUT2D eigenvalue weighted by molar-refractivity contribution is -0.137. The molecule has 1 atom stereocenters. The normalized spacial score (nSPS) is 11.9. The molecule has 132 valence electrons. The molecule has 1 aromatic heterocycles. The van der Waals surface area contributed by atoms with Crippen molar-refractivity contribution < 1.29 is 9.90 Å². The van der Waals surface area contributed by atoms with Crippen molar-refractivity contribution in [2.75, 3.05) is 0 Å². The number of carboxylic acids is 1. The first-order valence-corrected chi connectivity index (χ1v) is 8.09. The fourth-order valence-electron chi connectivity index (χ4n) is 2.53. The first-order chi connectivity index (χ1) is 12.4. The highest BCUT2D eigenvalue weighted by Gasteiger charge is 2.25. The Balaban J connectivity index is 2.07. The van der Waals surface area contributed by atoms with Crippen LogP contribution in [-0.4, -0.2) is 25.8 Å². The van der Waals surface area contributed by atoms with Gasteiger partial charge in [0.1, 0.15) is 12.1 Å². The topological polar surface area (TPSA) is 105 Å². The molecule has 0 fully saturated rings. The summed E-state index contributed by atoms with van der Waals surface area (Å²) in [5.41, 5.74) is -0.199. The fourth-order valence-corrected chi connectivity index (χ4v) is 2.94. The third-order valence-corrected chi connectivity index (χ3v) is 4.28. The van der Waals surface area contributed by atoms with Crippen LogP contribution in [0.5, 0.6) is 0 Å². The van der Waals surface area contributed by atoms with Crippen LogP contribution >= 0.6 is 23.2 Å². The van der Waals surface area contributed by atoms with Gasteiger partial charge in [0.15, 0.2) is 0 Å². The van der Waals surface area contributed by atoms with E-state index in [0.717, 1.165) is 10.9 Å². The maximum Gasteiger partial charge on any atom is 0.349 e. The minimum absolute atomic E-state index is 0.143. The summed E-state index contributed by atoms with van der Waals surface area (Å²) in [6.07, 6.45) is 0.955. The minimum Gasteiger partial charge on any atom is -0.481 e. The van der Waals surface area contributed by atoms with Crippen LogP contribution in [0, 0.1) is 0 Å². The molecule has 1 heterocycles. The monoisotopic (exact) mass is 391 g/mol. The highest BCUT2D eigenvalue weighted by Crippen LogP contribution is 2.32. The van der Waals surface area contributed by atoms with Crippen molar-refractivity contribution in [3.05, 3.63) is 90.7 Å². The van der Waals surface area contributed by atoms with E-state index in [1.807, 2.05) is 0 Å². The van der Waals surface area contributed by atoms with E-state index in [0.29, 0.717) is 21.8 Å². The SMILES string of the molecule is O=C(O)C(c1ccc(Cl)cc1)c1ccc(-n2ncc(=O)[nH]c2=O)cc1Cl. The number of aromatic amines is 1. The second-order valence-corrected chi connectivity index (χ2v) is 6.22. The molecule has 0 saturated carbocycles. The van der Waals surface area contributed by atoms with Crippen molar-refractivity contribution in [2.24, 2.45) is 0 Å².